The van der Waals surface area contributed by atoms with E-state index < -0.39 is 41.3 Å². The van der Waals surface area contributed by atoms with E-state index in [-0.39, 0.29) is 5.92 Å². The van der Waals surface area contributed by atoms with Crippen molar-refractivity contribution in [3.63, 3.8) is 0 Å². The largest absolute Gasteiger partial charge is 0.458 e. The van der Waals surface area contributed by atoms with Gasteiger partial charge in [-0.3, -0.25) is 4.79 Å². The maximum Gasteiger partial charge on any atom is 0.408 e. The van der Waals surface area contributed by atoms with E-state index in [1.165, 1.54) is 6.92 Å². The molecule has 0 aromatic carbocycles. The summed E-state index contributed by atoms with van der Waals surface area (Å²) in [7, 11) is 0. The van der Waals surface area contributed by atoms with Gasteiger partial charge in [0.2, 0.25) is 5.91 Å². The average molecular weight is 344 g/mol. The molecule has 7 heteroatoms. The zero-order chi connectivity index (χ0) is 19.3. The molecule has 7 nitrogen and oxygen atoms in total. The first kappa shape index (κ1) is 22.2. The van der Waals surface area contributed by atoms with Crippen LogP contribution in [0, 0.1) is 5.92 Å². The van der Waals surface area contributed by atoms with Gasteiger partial charge in [0.05, 0.1) is 0 Å². The van der Waals surface area contributed by atoms with Crippen molar-refractivity contribution >= 4 is 18.0 Å². The summed E-state index contributed by atoms with van der Waals surface area (Å²) in [5.74, 6) is -1.17. The molecular weight excluding hydrogens is 312 g/mol. The lowest BCUT2D eigenvalue weighted by atomic mass is 10.0. The third kappa shape index (κ3) is 9.37. The molecular formula is C17H32N2O5. The van der Waals surface area contributed by atoms with Crippen molar-refractivity contribution in [2.24, 2.45) is 5.92 Å². The van der Waals surface area contributed by atoms with Gasteiger partial charge in [-0.1, -0.05) is 13.8 Å². The Labute approximate surface area is 144 Å². The molecule has 0 aromatic heterocycles. The van der Waals surface area contributed by atoms with E-state index in [4.69, 9.17) is 9.47 Å². The van der Waals surface area contributed by atoms with Gasteiger partial charge in [-0.15, -0.1) is 0 Å². The Hall–Kier alpha value is -1.79. The number of alkyl carbamates (subject to hydrolysis) is 1. The minimum Gasteiger partial charge on any atom is -0.458 e. The third-order valence-corrected chi connectivity index (χ3v) is 2.74. The number of esters is 1. The second kappa shape index (κ2) is 8.35. The average Bonchev–Trinajstić information content (AvgIpc) is 2.30. The van der Waals surface area contributed by atoms with Crippen molar-refractivity contribution in [1.29, 1.82) is 0 Å². The lowest BCUT2D eigenvalue weighted by molar-refractivity contribution is -0.158. The molecule has 1 unspecified atom stereocenters. The molecule has 0 rings (SSSR count). The summed E-state index contributed by atoms with van der Waals surface area (Å²) in [6.07, 6.45) is -0.679. The van der Waals surface area contributed by atoms with Crippen LogP contribution in [0.3, 0.4) is 0 Å². The molecule has 0 aliphatic heterocycles. The molecule has 0 aliphatic rings. The minimum absolute atomic E-state index is 0.177. The van der Waals surface area contributed by atoms with Gasteiger partial charge in [0.15, 0.2) is 0 Å². The molecule has 0 aromatic rings. The number of amides is 2. The molecule has 0 radical (unpaired) electrons. The highest BCUT2D eigenvalue weighted by Crippen LogP contribution is 2.10. The van der Waals surface area contributed by atoms with Gasteiger partial charge < -0.3 is 20.1 Å². The number of hydrogen-bond donors (Lipinski definition) is 2. The first-order chi connectivity index (χ1) is 10.6. The van der Waals surface area contributed by atoms with Crippen molar-refractivity contribution in [1.82, 2.24) is 10.6 Å². The summed E-state index contributed by atoms with van der Waals surface area (Å²) in [6.45, 7) is 15.6. The molecule has 0 fully saturated rings. The monoisotopic (exact) mass is 344 g/mol. The molecule has 0 aliphatic carbocycles. The number of ether oxygens (including phenoxy) is 2. The molecule has 2 N–H and O–H groups in total. The molecule has 2 atom stereocenters. The van der Waals surface area contributed by atoms with Gasteiger partial charge in [0.25, 0.3) is 0 Å². The number of nitrogens with one attached hydrogen (secondary N) is 2. The molecule has 0 heterocycles. The molecule has 0 saturated carbocycles. The standard InChI is InChI=1S/C17H32N2O5/c1-10(2)12(19-15(22)24-17(7,8)9)13(20)18-11(3)14(21)23-16(4,5)6/h10-12H,1-9H3,(H,18,20)(H,19,22)/t11?,12-/m0/s1. The van der Waals surface area contributed by atoms with E-state index in [1.54, 1.807) is 55.4 Å². The molecule has 0 saturated heterocycles. The van der Waals surface area contributed by atoms with Crippen LogP contribution < -0.4 is 10.6 Å². The van der Waals surface area contributed by atoms with E-state index in [0.717, 1.165) is 0 Å². The van der Waals surface area contributed by atoms with Crippen molar-refractivity contribution in [3.8, 4) is 0 Å². The maximum atomic E-state index is 12.4. The zero-order valence-corrected chi connectivity index (χ0v) is 16.3. The van der Waals surface area contributed by atoms with Crippen molar-refractivity contribution < 1.29 is 23.9 Å². The molecule has 140 valence electrons. The fourth-order valence-corrected chi connectivity index (χ4v) is 1.72. The minimum atomic E-state index is -0.821. The first-order valence-electron chi connectivity index (χ1n) is 8.15. The SMILES string of the molecule is CC(NC(=O)[C@@H](NC(=O)OC(C)(C)C)C(C)C)C(=O)OC(C)(C)C. The van der Waals surface area contributed by atoms with Crippen LogP contribution in [-0.2, 0) is 19.1 Å². The van der Waals surface area contributed by atoms with Crippen molar-refractivity contribution in [3.05, 3.63) is 0 Å². The van der Waals surface area contributed by atoms with E-state index in [0.29, 0.717) is 0 Å². The van der Waals surface area contributed by atoms with Crippen LogP contribution in [0.1, 0.15) is 62.3 Å². The highest BCUT2D eigenvalue weighted by Gasteiger charge is 2.30. The zero-order valence-electron chi connectivity index (χ0n) is 16.3. The Morgan fingerprint density at radius 3 is 1.62 bits per heavy atom. The van der Waals surface area contributed by atoms with Gasteiger partial charge in [0.1, 0.15) is 23.3 Å². The van der Waals surface area contributed by atoms with Crippen LogP contribution in [0.4, 0.5) is 4.79 Å². The molecule has 24 heavy (non-hydrogen) atoms. The normalized spacial score (nSPS) is 14.6. The van der Waals surface area contributed by atoms with Crippen LogP contribution in [0.25, 0.3) is 0 Å². The fourth-order valence-electron chi connectivity index (χ4n) is 1.72. The van der Waals surface area contributed by atoms with Gasteiger partial charge in [-0.05, 0) is 54.4 Å². The van der Waals surface area contributed by atoms with Gasteiger partial charge in [-0.2, -0.15) is 0 Å². The van der Waals surface area contributed by atoms with Crippen molar-refractivity contribution in [2.45, 2.75) is 85.6 Å². The van der Waals surface area contributed by atoms with E-state index in [1.807, 2.05) is 0 Å². The van der Waals surface area contributed by atoms with Gasteiger partial charge in [0, 0.05) is 0 Å². The summed E-state index contributed by atoms with van der Waals surface area (Å²) >= 11 is 0. The Kier molecular flexibility index (Phi) is 7.73. The van der Waals surface area contributed by atoms with E-state index in [2.05, 4.69) is 10.6 Å². The van der Waals surface area contributed by atoms with Crippen LogP contribution in [-0.4, -0.2) is 41.3 Å². The van der Waals surface area contributed by atoms with Crippen LogP contribution >= 0.6 is 0 Å². The topological polar surface area (TPSA) is 93.7 Å². The van der Waals surface area contributed by atoms with Gasteiger partial charge in [-0.25, -0.2) is 9.59 Å². The molecule has 0 bridgehead atoms. The number of hydrogen-bond acceptors (Lipinski definition) is 5. The number of carbonyl (C=O) groups is 3. The van der Waals surface area contributed by atoms with Crippen LogP contribution in [0.5, 0.6) is 0 Å². The summed E-state index contributed by atoms with van der Waals surface area (Å²) in [4.78, 5) is 36.2. The highest BCUT2D eigenvalue weighted by atomic mass is 16.6. The Bertz CT molecular complexity index is 461. The molecule has 2 amide bonds. The second-order valence-corrected chi connectivity index (χ2v) is 8.13. The van der Waals surface area contributed by atoms with Crippen LogP contribution in [0.2, 0.25) is 0 Å². The van der Waals surface area contributed by atoms with Crippen molar-refractivity contribution in [2.75, 3.05) is 0 Å². The van der Waals surface area contributed by atoms with Gasteiger partial charge >= 0.3 is 12.1 Å². The van der Waals surface area contributed by atoms with E-state index in [9.17, 15) is 14.4 Å². The summed E-state index contributed by atoms with van der Waals surface area (Å²) in [5, 5.41) is 5.11. The Morgan fingerprint density at radius 2 is 1.25 bits per heavy atom. The summed E-state index contributed by atoms with van der Waals surface area (Å²) < 4.78 is 10.4. The predicted molar refractivity (Wildman–Crippen MR) is 91.4 cm³/mol. The smallest absolute Gasteiger partial charge is 0.408 e. The fraction of sp³-hybridized carbons (Fsp3) is 0.824. The van der Waals surface area contributed by atoms with E-state index >= 15 is 0 Å². The highest BCUT2D eigenvalue weighted by molar-refractivity contribution is 5.89. The second-order valence-electron chi connectivity index (χ2n) is 8.13. The lowest BCUT2D eigenvalue weighted by Crippen LogP contribution is -2.54. The third-order valence-electron chi connectivity index (χ3n) is 2.74. The quantitative estimate of drug-likeness (QED) is 0.747. The maximum absolute atomic E-state index is 12.4. The summed E-state index contributed by atoms with van der Waals surface area (Å²) in [5.41, 5.74) is -1.30. The predicted octanol–water partition coefficient (Wildman–Crippen LogP) is 2.38. The Balaban J connectivity index is 4.81. The summed E-state index contributed by atoms with van der Waals surface area (Å²) in [6, 6.07) is -1.64. The number of carbonyl (C=O) groups excluding carboxylic acids is 3. The first-order valence-corrected chi connectivity index (χ1v) is 8.15. The van der Waals surface area contributed by atoms with Crippen LogP contribution in [0.15, 0.2) is 0 Å². The molecule has 0 spiro atoms. The lowest BCUT2D eigenvalue weighted by Gasteiger charge is -2.27. The Morgan fingerprint density at radius 1 is 0.792 bits per heavy atom. The number of rotatable bonds is 5.